The molecular formula is C31H41N3. The number of hydrogen-bond donors (Lipinski definition) is 0. The Labute approximate surface area is 206 Å². The average molecular weight is 456 g/mol. The molecule has 0 aliphatic heterocycles. The Morgan fingerprint density at radius 1 is 0.735 bits per heavy atom. The van der Waals surface area contributed by atoms with Gasteiger partial charge in [0.1, 0.15) is 0 Å². The second-order valence-corrected chi connectivity index (χ2v) is 10.1. The van der Waals surface area contributed by atoms with Gasteiger partial charge in [0.2, 0.25) is 0 Å². The predicted molar refractivity (Wildman–Crippen MR) is 143 cm³/mol. The summed E-state index contributed by atoms with van der Waals surface area (Å²) in [5.41, 5.74) is 6.02. The molecule has 3 aromatic rings. The van der Waals surface area contributed by atoms with Crippen LogP contribution in [0, 0.1) is 5.92 Å². The maximum atomic E-state index is 4.85. The zero-order chi connectivity index (χ0) is 23.6. The van der Waals surface area contributed by atoms with Crippen LogP contribution in [-0.2, 0) is 6.42 Å². The Bertz CT molecular complexity index is 986. The molecule has 0 amide bonds. The predicted octanol–water partition coefficient (Wildman–Crippen LogP) is 8.79. The number of benzene rings is 1. The molecule has 0 N–H and O–H groups in total. The molecular weight excluding hydrogens is 414 g/mol. The van der Waals surface area contributed by atoms with Crippen molar-refractivity contribution >= 4 is 0 Å². The Hall–Kier alpha value is -2.55. The molecule has 0 saturated heterocycles. The number of hydrogen-bond acceptors (Lipinski definition) is 3. The molecule has 0 bridgehead atoms. The van der Waals surface area contributed by atoms with E-state index in [4.69, 9.17) is 4.98 Å². The topological polar surface area (TPSA) is 38.7 Å². The molecule has 1 aliphatic carbocycles. The highest BCUT2D eigenvalue weighted by atomic mass is 14.9. The minimum Gasteiger partial charge on any atom is -0.255 e. The summed E-state index contributed by atoms with van der Waals surface area (Å²) in [6, 6.07) is 13.2. The maximum absolute atomic E-state index is 4.85. The lowest BCUT2D eigenvalue weighted by atomic mass is 9.75. The van der Waals surface area contributed by atoms with E-state index in [0.717, 1.165) is 29.4 Å². The van der Waals surface area contributed by atoms with Gasteiger partial charge in [-0.1, -0.05) is 76.6 Å². The van der Waals surface area contributed by atoms with Crippen molar-refractivity contribution in [2.75, 3.05) is 0 Å². The molecule has 1 aliphatic rings. The van der Waals surface area contributed by atoms with Crippen LogP contribution in [0.25, 0.3) is 22.6 Å². The fourth-order valence-electron chi connectivity index (χ4n) is 5.43. The van der Waals surface area contributed by atoms with E-state index >= 15 is 0 Å². The summed E-state index contributed by atoms with van der Waals surface area (Å²) in [5, 5.41) is 0. The van der Waals surface area contributed by atoms with Crippen molar-refractivity contribution in [2.24, 2.45) is 5.92 Å². The van der Waals surface area contributed by atoms with Crippen LogP contribution in [0.4, 0.5) is 0 Å². The molecule has 2 aromatic heterocycles. The first-order valence-electron chi connectivity index (χ1n) is 13.6. The number of pyridine rings is 1. The standard InChI is InChI=1S/C31H41N3/c1-3-5-7-11-24-15-17-26(18-16-24)28-13-9-10-14-29(28)30-20-19-27(23-32-30)31-33-21-25(22-34-31)12-8-6-4-2/h9-10,13-14,19-24,26H,3-8,11-12,15-18H2,1-2H3. The van der Waals surface area contributed by atoms with Crippen molar-refractivity contribution in [2.45, 2.75) is 96.8 Å². The molecule has 1 aromatic carbocycles. The molecule has 4 rings (SSSR count). The van der Waals surface area contributed by atoms with E-state index < -0.39 is 0 Å². The third-order valence-electron chi connectivity index (χ3n) is 7.54. The second kappa shape index (κ2) is 12.8. The molecule has 180 valence electrons. The zero-order valence-corrected chi connectivity index (χ0v) is 21.2. The van der Waals surface area contributed by atoms with Crippen LogP contribution in [0.5, 0.6) is 0 Å². The first kappa shape index (κ1) is 24.6. The van der Waals surface area contributed by atoms with Crippen molar-refractivity contribution < 1.29 is 0 Å². The van der Waals surface area contributed by atoms with Gasteiger partial charge < -0.3 is 0 Å². The Kier molecular flexibility index (Phi) is 9.24. The molecule has 3 heteroatoms. The van der Waals surface area contributed by atoms with E-state index in [-0.39, 0.29) is 0 Å². The number of nitrogens with zero attached hydrogens (tertiary/aromatic N) is 3. The summed E-state index contributed by atoms with van der Waals surface area (Å²) in [5.74, 6) is 2.35. The minimum atomic E-state index is 0.656. The Morgan fingerprint density at radius 2 is 1.47 bits per heavy atom. The summed E-state index contributed by atoms with van der Waals surface area (Å²) in [6.45, 7) is 4.53. The van der Waals surface area contributed by atoms with Crippen LogP contribution >= 0.6 is 0 Å². The van der Waals surface area contributed by atoms with E-state index in [9.17, 15) is 0 Å². The minimum absolute atomic E-state index is 0.656. The van der Waals surface area contributed by atoms with Crippen LogP contribution in [0.1, 0.15) is 102 Å². The van der Waals surface area contributed by atoms with Gasteiger partial charge in [-0.3, -0.25) is 4.98 Å². The van der Waals surface area contributed by atoms with Gasteiger partial charge in [-0.25, -0.2) is 9.97 Å². The van der Waals surface area contributed by atoms with Crippen molar-refractivity contribution in [3.8, 4) is 22.6 Å². The van der Waals surface area contributed by atoms with Gasteiger partial charge in [-0.05, 0) is 73.6 Å². The fraction of sp³-hybridized carbons (Fsp3) is 0.516. The van der Waals surface area contributed by atoms with E-state index in [1.165, 1.54) is 87.3 Å². The number of aryl methyl sites for hydroxylation is 1. The number of unbranched alkanes of at least 4 members (excludes halogenated alkanes) is 4. The SMILES string of the molecule is CCCCCc1cnc(-c2ccc(-c3ccccc3C3CCC(CCCCC)CC3)nc2)nc1. The van der Waals surface area contributed by atoms with Gasteiger partial charge in [0.15, 0.2) is 5.82 Å². The van der Waals surface area contributed by atoms with Crippen molar-refractivity contribution in [3.05, 3.63) is 66.1 Å². The van der Waals surface area contributed by atoms with Crippen molar-refractivity contribution in [3.63, 3.8) is 0 Å². The van der Waals surface area contributed by atoms with Gasteiger partial charge in [0, 0.05) is 29.7 Å². The van der Waals surface area contributed by atoms with Crippen molar-refractivity contribution in [1.29, 1.82) is 0 Å². The van der Waals surface area contributed by atoms with Gasteiger partial charge in [-0.15, -0.1) is 0 Å². The third-order valence-corrected chi connectivity index (χ3v) is 7.54. The average Bonchev–Trinajstić information content (AvgIpc) is 2.90. The fourth-order valence-corrected chi connectivity index (χ4v) is 5.43. The molecule has 0 radical (unpaired) electrons. The summed E-state index contributed by atoms with van der Waals surface area (Å²) >= 11 is 0. The first-order valence-corrected chi connectivity index (χ1v) is 13.6. The highest BCUT2D eigenvalue weighted by Gasteiger charge is 2.24. The summed E-state index contributed by atoms with van der Waals surface area (Å²) in [7, 11) is 0. The van der Waals surface area contributed by atoms with E-state index in [1.54, 1.807) is 0 Å². The van der Waals surface area contributed by atoms with Crippen LogP contribution in [0.2, 0.25) is 0 Å². The normalized spacial score (nSPS) is 18.2. The van der Waals surface area contributed by atoms with Gasteiger partial charge in [0.05, 0.1) is 5.69 Å². The van der Waals surface area contributed by atoms with E-state index in [2.05, 4.69) is 60.2 Å². The molecule has 1 saturated carbocycles. The van der Waals surface area contributed by atoms with Crippen LogP contribution in [-0.4, -0.2) is 15.0 Å². The lowest BCUT2D eigenvalue weighted by molar-refractivity contribution is 0.303. The Balaban J connectivity index is 1.42. The first-order chi connectivity index (χ1) is 16.8. The molecule has 0 unspecified atom stereocenters. The monoisotopic (exact) mass is 455 g/mol. The summed E-state index contributed by atoms with van der Waals surface area (Å²) < 4.78 is 0. The maximum Gasteiger partial charge on any atom is 0.160 e. The largest absolute Gasteiger partial charge is 0.255 e. The number of rotatable bonds is 11. The van der Waals surface area contributed by atoms with Crippen LogP contribution in [0.3, 0.4) is 0 Å². The van der Waals surface area contributed by atoms with Crippen LogP contribution < -0.4 is 0 Å². The highest BCUT2D eigenvalue weighted by Crippen LogP contribution is 2.41. The lowest BCUT2D eigenvalue weighted by Crippen LogP contribution is -2.14. The van der Waals surface area contributed by atoms with Gasteiger partial charge in [0.25, 0.3) is 0 Å². The Morgan fingerprint density at radius 3 is 2.18 bits per heavy atom. The van der Waals surface area contributed by atoms with Gasteiger partial charge in [-0.2, -0.15) is 0 Å². The van der Waals surface area contributed by atoms with Crippen molar-refractivity contribution in [1.82, 2.24) is 15.0 Å². The lowest BCUT2D eigenvalue weighted by Gasteiger charge is -2.30. The van der Waals surface area contributed by atoms with E-state index in [0.29, 0.717) is 5.92 Å². The molecule has 2 heterocycles. The smallest absolute Gasteiger partial charge is 0.160 e. The summed E-state index contributed by atoms with van der Waals surface area (Å²) in [6.07, 6.45) is 21.5. The van der Waals surface area contributed by atoms with Crippen LogP contribution in [0.15, 0.2) is 55.0 Å². The molecule has 3 nitrogen and oxygen atoms in total. The second-order valence-electron chi connectivity index (χ2n) is 10.1. The summed E-state index contributed by atoms with van der Waals surface area (Å²) in [4.78, 5) is 14.1. The quantitative estimate of drug-likeness (QED) is 0.271. The third kappa shape index (κ3) is 6.52. The molecule has 0 spiro atoms. The highest BCUT2D eigenvalue weighted by molar-refractivity contribution is 5.67. The molecule has 1 fully saturated rings. The van der Waals surface area contributed by atoms with E-state index in [1.807, 2.05) is 18.6 Å². The zero-order valence-electron chi connectivity index (χ0n) is 21.2. The van der Waals surface area contributed by atoms with Gasteiger partial charge >= 0.3 is 0 Å². The number of aromatic nitrogens is 3. The molecule has 0 atom stereocenters. The molecule has 34 heavy (non-hydrogen) atoms.